The standard InChI is InChI=1S/C17H25N3O3S/c1-2-16-5-3-4-7-20(16)17(21)13-9-15(11-18-10-13)19-14-6-8-24(22,23)12-14/h9-11,14,16,19H,2-8,12H2,1H3. The molecule has 2 fully saturated rings. The second-order valence-electron chi connectivity index (χ2n) is 6.76. The molecule has 24 heavy (non-hydrogen) atoms. The van der Waals surface area contributed by atoms with Gasteiger partial charge < -0.3 is 10.2 Å². The van der Waals surface area contributed by atoms with E-state index in [4.69, 9.17) is 0 Å². The van der Waals surface area contributed by atoms with Crippen molar-refractivity contribution in [3.63, 3.8) is 0 Å². The Bertz CT molecular complexity index is 705. The Hall–Kier alpha value is -1.63. The molecule has 0 aliphatic carbocycles. The molecule has 132 valence electrons. The summed E-state index contributed by atoms with van der Waals surface area (Å²) in [5, 5.41) is 3.21. The van der Waals surface area contributed by atoms with Crippen molar-refractivity contribution in [1.29, 1.82) is 0 Å². The first-order valence-corrected chi connectivity index (χ1v) is 10.5. The first kappa shape index (κ1) is 17.2. The lowest BCUT2D eigenvalue weighted by molar-refractivity contribution is 0.0607. The minimum absolute atomic E-state index is 0.0248. The van der Waals surface area contributed by atoms with Crippen LogP contribution in [-0.4, -0.2) is 54.3 Å². The third-order valence-electron chi connectivity index (χ3n) is 4.95. The van der Waals surface area contributed by atoms with Gasteiger partial charge in [-0.05, 0) is 38.2 Å². The number of hydrogen-bond acceptors (Lipinski definition) is 5. The van der Waals surface area contributed by atoms with Gasteiger partial charge in [-0.15, -0.1) is 0 Å². The molecule has 3 rings (SSSR count). The van der Waals surface area contributed by atoms with E-state index in [0.29, 0.717) is 23.7 Å². The Morgan fingerprint density at radius 1 is 1.33 bits per heavy atom. The largest absolute Gasteiger partial charge is 0.380 e. The Labute approximate surface area is 143 Å². The van der Waals surface area contributed by atoms with Gasteiger partial charge in [0.15, 0.2) is 9.84 Å². The molecule has 1 aromatic rings. The van der Waals surface area contributed by atoms with Crippen LogP contribution in [0.2, 0.25) is 0 Å². The predicted molar refractivity (Wildman–Crippen MR) is 93.9 cm³/mol. The zero-order valence-electron chi connectivity index (χ0n) is 14.1. The van der Waals surface area contributed by atoms with Gasteiger partial charge in [0.25, 0.3) is 5.91 Å². The van der Waals surface area contributed by atoms with Crippen LogP contribution in [-0.2, 0) is 9.84 Å². The summed E-state index contributed by atoms with van der Waals surface area (Å²) >= 11 is 0. The number of aromatic nitrogens is 1. The Morgan fingerprint density at radius 2 is 2.17 bits per heavy atom. The highest BCUT2D eigenvalue weighted by molar-refractivity contribution is 7.91. The fraction of sp³-hybridized carbons (Fsp3) is 0.647. The van der Waals surface area contributed by atoms with E-state index in [9.17, 15) is 13.2 Å². The molecule has 0 aromatic carbocycles. The average molecular weight is 351 g/mol. The third kappa shape index (κ3) is 3.88. The number of rotatable bonds is 4. The number of piperidine rings is 1. The van der Waals surface area contributed by atoms with Crippen molar-refractivity contribution in [3.8, 4) is 0 Å². The van der Waals surface area contributed by atoms with E-state index in [2.05, 4.69) is 17.2 Å². The minimum atomic E-state index is -2.93. The van der Waals surface area contributed by atoms with E-state index in [0.717, 1.165) is 25.8 Å². The van der Waals surface area contributed by atoms with Crippen molar-refractivity contribution in [1.82, 2.24) is 9.88 Å². The number of carbonyl (C=O) groups is 1. The van der Waals surface area contributed by atoms with Gasteiger partial charge in [0.1, 0.15) is 0 Å². The van der Waals surface area contributed by atoms with Gasteiger partial charge in [-0.3, -0.25) is 9.78 Å². The molecule has 2 unspecified atom stereocenters. The third-order valence-corrected chi connectivity index (χ3v) is 6.72. The van der Waals surface area contributed by atoms with Gasteiger partial charge in [0, 0.05) is 31.0 Å². The quantitative estimate of drug-likeness (QED) is 0.898. The van der Waals surface area contributed by atoms with Crippen molar-refractivity contribution < 1.29 is 13.2 Å². The monoisotopic (exact) mass is 351 g/mol. The van der Waals surface area contributed by atoms with Crippen LogP contribution in [0, 0.1) is 0 Å². The van der Waals surface area contributed by atoms with E-state index < -0.39 is 9.84 Å². The van der Waals surface area contributed by atoms with Crippen molar-refractivity contribution in [3.05, 3.63) is 24.0 Å². The van der Waals surface area contributed by atoms with Gasteiger partial charge in [0.2, 0.25) is 0 Å². The number of likely N-dealkylation sites (tertiary alicyclic amines) is 1. The minimum Gasteiger partial charge on any atom is -0.380 e. The maximum Gasteiger partial charge on any atom is 0.255 e. The molecule has 6 nitrogen and oxygen atoms in total. The molecule has 3 heterocycles. The molecule has 7 heteroatoms. The van der Waals surface area contributed by atoms with E-state index >= 15 is 0 Å². The first-order chi connectivity index (χ1) is 11.5. The lowest BCUT2D eigenvalue weighted by Gasteiger charge is -2.35. The van der Waals surface area contributed by atoms with Crippen LogP contribution in [0.5, 0.6) is 0 Å². The SMILES string of the molecule is CCC1CCCCN1C(=O)c1cncc(NC2CCS(=O)(=O)C2)c1. The Morgan fingerprint density at radius 3 is 2.88 bits per heavy atom. The van der Waals surface area contributed by atoms with Gasteiger partial charge in [-0.2, -0.15) is 0 Å². The number of sulfone groups is 1. The molecule has 0 saturated carbocycles. The second kappa shape index (κ2) is 7.09. The highest BCUT2D eigenvalue weighted by Crippen LogP contribution is 2.23. The van der Waals surface area contributed by atoms with E-state index in [1.807, 2.05) is 4.90 Å². The molecule has 0 radical (unpaired) electrons. The average Bonchev–Trinajstić information content (AvgIpc) is 2.93. The summed E-state index contributed by atoms with van der Waals surface area (Å²) in [5.74, 6) is 0.398. The van der Waals surface area contributed by atoms with Crippen LogP contribution in [0.15, 0.2) is 18.5 Å². The first-order valence-electron chi connectivity index (χ1n) is 8.71. The number of nitrogens with zero attached hydrogens (tertiary/aromatic N) is 2. The maximum absolute atomic E-state index is 12.8. The van der Waals surface area contributed by atoms with Crippen LogP contribution in [0.1, 0.15) is 49.4 Å². The lowest BCUT2D eigenvalue weighted by Crippen LogP contribution is -2.43. The second-order valence-corrected chi connectivity index (χ2v) is 8.99. The number of nitrogens with one attached hydrogen (secondary N) is 1. The summed E-state index contributed by atoms with van der Waals surface area (Å²) in [6.45, 7) is 2.92. The van der Waals surface area contributed by atoms with Crippen molar-refractivity contribution in [2.45, 2.75) is 51.1 Å². The summed E-state index contributed by atoms with van der Waals surface area (Å²) in [5.41, 5.74) is 1.29. The molecule has 1 amide bonds. The van der Waals surface area contributed by atoms with Crippen molar-refractivity contribution in [2.75, 3.05) is 23.4 Å². The summed E-state index contributed by atoms with van der Waals surface area (Å²) < 4.78 is 23.1. The molecule has 2 atom stereocenters. The molecule has 2 aliphatic heterocycles. The van der Waals surface area contributed by atoms with Crippen LogP contribution in [0.25, 0.3) is 0 Å². The maximum atomic E-state index is 12.8. The number of hydrogen-bond donors (Lipinski definition) is 1. The molecule has 0 spiro atoms. The highest BCUT2D eigenvalue weighted by atomic mass is 32.2. The van der Waals surface area contributed by atoms with E-state index in [-0.39, 0.29) is 23.5 Å². The number of amides is 1. The normalized spacial score (nSPS) is 26.3. The summed E-state index contributed by atoms with van der Waals surface area (Å²) in [7, 11) is -2.93. The molecule has 2 aliphatic rings. The summed E-state index contributed by atoms with van der Waals surface area (Å²) in [6, 6.07) is 2.00. The molecule has 1 N–H and O–H groups in total. The zero-order chi connectivity index (χ0) is 17.2. The molecule has 1 aromatic heterocycles. The van der Waals surface area contributed by atoms with Gasteiger partial charge in [-0.1, -0.05) is 6.92 Å². The topological polar surface area (TPSA) is 79.4 Å². The summed E-state index contributed by atoms with van der Waals surface area (Å²) in [4.78, 5) is 19.0. The van der Waals surface area contributed by atoms with Crippen LogP contribution in [0.3, 0.4) is 0 Å². The molecule has 2 saturated heterocycles. The smallest absolute Gasteiger partial charge is 0.255 e. The zero-order valence-corrected chi connectivity index (χ0v) is 14.9. The van der Waals surface area contributed by atoms with Crippen molar-refractivity contribution in [2.24, 2.45) is 0 Å². The highest BCUT2D eigenvalue weighted by Gasteiger charge is 2.29. The summed E-state index contributed by atoms with van der Waals surface area (Å²) in [6.07, 6.45) is 8.11. The van der Waals surface area contributed by atoms with Crippen LogP contribution in [0.4, 0.5) is 5.69 Å². The molecule has 0 bridgehead atoms. The van der Waals surface area contributed by atoms with Gasteiger partial charge in [0.05, 0.1) is 22.8 Å². The Balaban J connectivity index is 1.71. The number of carbonyl (C=O) groups excluding carboxylic acids is 1. The molecular formula is C17H25N3O3S. The number of pyridine rings is 1. The van der Waals surface area contributed by atoms with Gasteiger partial charge in [-0.25, -0.2) is 8.42 Å². The van der Waals surface area contributed by atoms with E-state index in [1.165, 1.54) is 6.42 Å². The van der Waals surface area contributed by atoms with Crippen LogP contribution < -0.4 is 5.32 Å². The lowest BCUT2D eigenvalue weighted by atomic mass is 9.99. The van der Waals surface area contributed by atoms with E-state index in [1.54, 1.807) is 18.5 Å². The van der Waals surface area contributed by atoms with Crippen molar-refractivity contribution >= 4 is 21.4 Å². The predicted octanol–water partition coefficient (Wildman–Crippen LogP) is 2.09. The molecular weight excluding hydrogens is 326 g/mol. The Kier molecular flexibility index (Phi) is 5.08. The van der Waals surface area contributed by atoms with Gasteiger partial charge >= 0.3 is 0 Å². The fourth-order valence-corrected chi connectivity index (χ4v) is 5.31. The van der Waals surface area contributed by atoms with Crippen LogP contribution >= 0.6 is 0 Å². The fourth-order valence-electron chi connectivity index (χ4n) is 3.64. The number of anilines is 1.